The highest BCUT2D eigenvalue weighted by molar-refractivity contribution is 6.32. The Morgan fingerprint density at radius 3 is 2.58 bits per heavy atom. The van der Waals surface area contributed by atoms with Crippen LogP contribution in [0.5, 0.6) is 0 Å². The summed E-state index contributed by atoms with van der Waals surface area (Å²) < 4.78 is 19.9. The molecule has 4 rings (SSSR count). The monoisotopic (exact) mass is 475 g/mol. The highest BCUT2D eigenvalue weighted by Crippen LogP contribution is 2.45. The molecule has 0 unspecified atom stereocenters. The Hall–Kier alpha value is -1.96. The molecule has 2 fully saturated rings. The van der Waals surface area contributed by atoms with Gasteiger partial charge in [-0.1, -0.05) is 18.5 Å². The van der Waals surface area contributed by atoms with Crippen LogP contribution in [0.2, 0.25) is 5.15 Å². The number of rotatable bonds is 10. The van der Waals surface area contributed by atoms with E-state index in [4.69, 9.17) is 16.3 Å². The van der Waals surface area contributed by atoms with Crippen molar-refractivity contribution in [2.24, 2.45) is 5.41 Å². The van der Waals surface area contributed by atoms with Gasteiger partial charge in [-0.15, -0.1) is 0 Å². The molecule has 0 amide bonds. The number of hydrogen-bond donors (Lipinski definition) is 3. The van der Waals surface area contributed by atoms with Gasteiger partial charge in [0, 0.05) is 49.1 Å². The van der Waals surface area contributed by atoms with Crippen LogP contribution in [-0.2, 0) is 4.74 Å². The Kier molecular flexibility index (Phi) is 7.72. The van der Waals surface area contributed by atoms with Crippen LogP contribution in [0.1, 0.15) is 52.4 Å². The van der Waals surface area contributed by atoms with E-state index in [-0.39, 0.29) is 5.82 Å². The summed E-state index contributed by atoms with van der Waals surface area (Å²) in [5.41, 5.74) is 2.22. The molecule has 2 aliphatic carbocycles. The number of halogens is 2. The number of anilines is 2. The van der Waals surface area contributed by atoms with Crippen LogP contribution >= 0.6 is 11.6 Å². The van der Waals surface area contributed by atoms with Crippen molar-refractivity contribution in [2.75, 3.05) is 30.9 Å². The third kappa shape index (κ3) is 6.55. The molecule has 0 radical (unpaired) electrons. The van der Waals surface area contributed by atoms with Crippen LogP contribution < -0.4 is 16.0 Å². The minimum Gasteiger partial charge on any atom is -0.383 e. The van der Waals surface area contributed by atoms with Gasteiger partial charge >= 0.3 is 0 Å². The largest absolute Gasteiger partial charge is 0.383 e. The van der Waals surface area contributed by atoms with Gasteiger partial charge in [0.2, 0.25) is 0 Å². The molecular formula is C25H35ClFN5O. The summed E-state index contributed by atoms with van der Waals surface area (Å²) in [5.74, 6) is 0.315. The molecule has 8 heteroatoms. The van der Waals surface area contributed by atoms with Crippen LogP contribution in [0.15, 0.2) is 24.5 Å². The lowest BCUT2D eigenvalue weighted by Gasteiger charge is -2.31. The minimum atomic E-state index is -0.371. The molecule has 2 aromatic rings. The summed E-state index contributed by atoms with van der Waals surface area (Å²) in [5, 5.41) is 10.9. The smallest absolute Gasteiger partial charge is 0.152 e. The normalized spacial score (nSPS) is 22.6. The van der Waals surface area contributed by atoms with Gasteiger partial charge in [0.15, 0.2) is 5.15 Å². The van der Waals surface area contributed by atoms with Gasteiger partial charge in [0.25, 0.3) is 0 Å². The van der Waals surface area contributed by atoms with Gasteiger partial charge in [-0.3, -0.25) is 0 Å². The predicted octanol–water partition coefficient (Wildman–Crippen LogP) is 5.50. The summed E-state index contributed by atoms with van der Waals surface area (Å²) in [6.07, 6.45) is 9.59. The van der Waals surface area contributed by atoms with E-state index in [1.807, 2.05) is 6.07 Å². The van der Waals surface area contributed by atoms with Crippen LogP contribution in [-0.4, -0.2) is 48.4 Å². The van der Waals surface area contributed by atoms with Crippen molar-refractivity contribution < 1.29 is 9.13 Å². The molecule has 33 heavy (non-hydrogen) atoms. The van der Waals surface area contributed by atoms with Crippen molar-refractivity contribution in [3.63, 3.8) is 0 Å². The Bertz CT molecular complexity index is 946. The van der Waals surface area contributed by atoms with Crippen molar-refractivity contribution in [1.29, 1.82) is 0 Å². The lowest BCUT2D eigenvalue weighted by atomic mass is 9.90. The molecule has 0 aliphatic heterocycles. The summed E-state index contributed by atoms with van der Waals surface area (Å²) in [6.45, 7) is 5.95. The van der Waals surface area contributed by atoms with Gasteiger partial charge in [0.05, 0.1) is 18.5 Å². The maximum atomic E-state index is 14.7. The molecule has 2 aromatic heterocycles. The molecular weight excluding hydrogens is 441 g/mol. The molecule has 0 aromatic carbocycles. The number of hydrogen-bond acceptors (Lipinski definition) is 6. The van der Waals surface area contributed by atoms with E-state index in [2.05, 4.69) is 39.8 Å². The Labute approximate surface area is 201 Å². The summed E-state index contributed by atoms with van der Waals surface area (Å²) >= 11 is 6.29. The molecule has 0 saturated heterocycles. The molecule has 0 spiro atoms. The zero-order valence-electron chi connectivity index (χ0n) is 19.8. The van der Waals surface area contributed by atoms with E-state index in [1.165, 1.54) is 19.0 Å². The standard InChI is InChI=1S/C25H35ClFN5O/c1-16(14-33-3)31-18-4-6-19(7-5-18)32-23-11-20(21(27)13-28-23)17-10-22(24(26)29-12-17)30-15-25(2)8-9-25/h10-13,16,18-19,30-31H,4-9,14-15H2,1-3H3,(H,28,32)/t16-,18-,19-/m1/s1. The van der Waals surface area contributed by atoms with Gasteiger partial charge in [0.1, 0.15) is 11.6 Å². The quantitative estimate of drug-likeness (QED) is 0.394. The highest BCUT2D eigenvalue weighted by Gasteiger charge is 2.36. The first-order valence-corrected chi connectivity index (χ1v) is 12.3. The van der Waals surface area contributed by atoms with E-state index in [1.54, 1.807) is 19.4 Å². The van der Waals surface area contributed by atoms with E-state index >= 15 is 0 Å². The highest BCUT2D eigenvalue weighted by atomic mass is 35.5. The number of nitrogens with zero attached hydrogens (tertiary/aromatic N) is 2. The summed E-state index contributed by atoms with van der Waals surface area (Å²) in [6, 6.07) is 4.84. The molecule has 3 N–H and O–H groups in total. The summed E-state index contributed by atoms with van der Waals surface area (Å²) in [4.78, 5) is 8.57. The van der Waals surface area contributed by atoms with Gasteiger partial charge in [-0.25, -0.2) is 14.4 Å². The fourth-order valence-corrected chi connectivity index (χ4v) is 4.64. The third-order valence-electron chi connectivity index (χ3n) is 6.83. The SMILES string of the molecule is COC[C@@H](C)N[C@H]1CC[C@H](Nc2cc(-c3cnc(Cl)c(NCC4(C)CC4)c3)c(F)cn2)CC1. The van der Waals surface area contributed by atoms with Gasteiger partial charge in [-0.2, -0.15) is 0 Å². The second-order valence-electron chi connectivity index (χ2n) is 9.99. The van der Waals surface area contributed by atoms with E-state index in [0.717, 1.165) is 44.5 Å². The third-order valence-corrected chi connectivity index (χ3v) is 7.13. The molecule has 2 aliphatic rings. The lowest BCUT2D eigenvalue weighted by Crippen LogP contribution is -2.42. The van der Waals surface area contributed by atoms with Crippen molar-refractivity contribution in [1.82, 2.24) is 15.3 Å². The number of nitrogens with one attached hydrogen (secondary N) is 3. The minimum absolute atomic E-state index is 0.325. The van der Waals surface area contributed by atoms with Crippen molar-refractivity contribution >= 4 is 23.1 Å². The Morgan fingerprint density at radius 1 is 1.15 bits per heavy atom. The van der Waals surface area contributed by atoms with E-state index in [9.17, 15) is 4.39 Å². The second-order valence-corrected chi connectivity index (χ2v) is 10.3. The average Bonchev–Trinajstić information content (AvgIpc) is 3.53. The Morgan fingerprint density at radius 2 is 1.88 bits per heavy atom. The zero-order valence-corrected chi connectivity index (χ0v) is 20.5. The number of methoxy groups -OCH3 is 1. The first kappa shape index (κ1) is 24.2. The summed E-state index contributed by atoms with van der Waals surface area (Å²) in [7, 11) is 1.73. The fraction of sp³-hybridized carbons (Fsp3) is 0.600. The average molecular weight is 476 g/mol. The Balaban J connectivity index is 1.39. The first-order valence-electron chi connectivity index (χ1n) is 11.9. The van der Waals surface area contributed by atoms with E-state index < -0.39 is 0 Å². The molecule has 6 nitrogen and oxygen atoms in total. The maximum absolute atomic E-state index is 14.7. The molecule has 180 valence electrons. The molecule has 2 saturated carbocycles. The second kappa shape index (κ2) is 10.5. The van der Waals surface area contributed by atoms with Crippen LogP contribution in [0.3, 0.4) is 0 Å². The molecule has 0 bridgehead atoms. The van der Waals surface area contributed by atoms with Crippen LogP contribution in [0, 0.1) is 11.2 Å². The van der Waals surface area contributed by atoms with Gasteiger partial charge in [-0.05, 0) is 63.0 Å². The molecule has 2 heterocycles. The van der Waals surface area contributed by atoms with Crippen molar-refractivity contribution in [2.45, 2.75) is 70.5 Å². The van der Waals surface area contributed by atoms with Crippen molar-refractivity contribution in [3.05, 3.63) is 35.5 Å². The number of ether oxygens (including phenoxy) is 1. The number of pyridine rings is 2. The zero-order chi connectivity index (χ0) is 23.4. The molecule has 1 atom stereocenters. The van der Waals surface area contributed by atoms with E-state index in [0.29, 0.717) is 45.6 Å². The first-order chi connectivity index (χ1) is 15.8. The topological polar surface area (TPSA) is 71.1 Å². The maximum Gasteiger partial charge on any atom is 0.152 e. The lowest BCUT2D eigenvalue weighted by molar-refractivity contribution is 0.161. The van der Waals surface area contributed by atoms with Crippen LogP contribution in [0.4, 0.5) is 15.9 Å². The predicted molar refractivity (Wildman–Crippen MR) is 132 cm³/mol. The fourth-order valence-electron chi connectivity index (χ4n) is 4.47. The van der Waals surface area contributed by atoms with Crippen LogP contribution in [0.25, 0.3) is 11.1 Å². The number of aromatic nitrogens is 2. The van der Waals surface area contributed by atoms with Crippen molar-refractivity contribution in [3.8, 4) is 11.1 Å². The van der Waals surface area contributed by atoms with Gasteiger partial charge < -0.3 is 20.7 Å².